The van der Waals surface area contributed by atoms with Gasteiger partial charge in [0.2, 0.25) is 0 Å². The minimum atomic E-state index is -0.414. The van der Waals surface area contributed by atoms with E-state index in [0.717, 1.165) is 11.8 Å². The van der Waals surface area contributed by atoms with Crippen LogP contribution in [0.5, 0.6) is 0 Å². The summed E-state index contributed by atoms with van der Waals surface area (Å²) in [5.74, 6) is -0.414. The molecule has 2 aromatic rings. The number of halogens is 1. The molecule has 88 valence electrons. The largest absolute Gasteiger partial charge is 0.468 e. The van der Waals surface area contributed by atoms with Crippen molar-refractivity contribution in [2.24, 2.45) is 0 Å². The van der Waals surface area contributed by atoms with E-state index in [1.54, 1.807) is 0 Å². The van der Waals surface area contributed by atoms with E-state index in [0.29, 0.717) is 24.3 Å². The molecule has 0 saturated carbocycles. The fourth-order valence-corrected chi connectivity index (χ4v) is 1.38. The molecule has 0 atom stereocenters. The standard InChI is InChI=1S/C11H9FN2O3/c12-9-1-2-10(13-5-9)11-8(6-17-14-11)3-4-16-7-15/h1-2,5-7H,3-4H2. The van der Waals surface area contributed by atoms with Gasteiger partial charge in [0.05, 0.1) is 18.5 Å². The van der Waals surface area contributed by atoms with Crippen molar-refractivity contribution in [2.45, 2.75) is 6.42 Å². The summed E-state index contributed by atoms with van der Waals surface area (Å²) >= 11 is 0. The molecule has 0 spiro atoms. The zero-order valence-corrected chi connectivity index (χ0v) is 8.80. The van der Waals surface area contributed by atoms with E-state index in [-0.39, 0.29) is 6.61 Å². The predicted molar refractivity (Wildman–Crippen MR) is 55.4 cm³/mol. The number of hydrogen-bond acceptors (Lipinski definition) is 5. The van der Waals surface area contributed by atoms with Gasteiger partial charge in [-0.15, -0.1) is 0 Å². The van der Waals surface area contributed by atoms with Crippen molar-refractivity contribution in [1.82, 2.24) is 10.1 Å². The van der Waals surface area contributed by atoms with Crippen molar-refractivity contribution in [3.05, 3.63) is 36.0 Å². The Morgan fingerprint density at radius 1 is 1.47 bits per heavy atom. The Morgan fingerprint density at radius 2 is 2.35 bits per heavy atom. The highest BCUT2D eigenvalue weighted by Gasteiger charge is 2.11. The van der Waals surface area contributed by atoms with Crippen molar-refractivity contribution in [3.8, 4) is 11.4 Å². The van der Waals surface area contributed by atoms with Gasteiger partial charge in [0.25, 0.3) is 6.47 Å². The summed E-state index contributed by atoms with van der Waals surface area (Å²) in [5, 5.41) is 3.79. The highest BCUT2D eigenvalue weighted by atomic mass is 19.1. The molecule has 6 heteroatoms. The van der Waals surface area contributed by atoms with Gasteiger partial charge in [-0.05, 0) is 12.1 Å². The molecule has 2 aromatic heterocycles. The van der Waals surface area contributed by atoms with Crippen molar-refractivity contribution >= 4 is 6.47 Å². The van der Waals surface area contributed by atoms with E-state index in [2.05, 4.69) is 14.9 Å². The Bertz CT molecular complexity index is 496. The lowest BCUT2D eigenvalue weighted by Gasteiger charge is -1.99. The average molecular weight is 236 g/mol. The van der Waals surface area contributed by atoms with Gasteiger partial charge in [-0.25, -0.2) is 4.39 Å². The lowest BCUT2D eigenvalue weighted by Crippen LogP contribution is -1.97. The minimum Gasteiger partial charge on any atom is -0.468 e. The number of aromatic nitrogens is 2. The average Bonchev–Trinajstić information content (AvgIpc) is 2.79. The Labute approximate surface area is 96.2 Å². The topological polar surface area (TPSA) is 65.2 Å². The van der Waals surface area contributed by atoms with Crippen LogP contribution < -0.4 is 0 Å². The summed E-state index contributed by atoms with van der Waals surface area (Å²) in [4.78, 5) is 13.9. The van der Waals surface area contributed by atoms with Gasteiger partial charge >= 0.3 is 0 Å². The smallest absolute Gasteiger partial charge is 0.293 e. The lowest BCUT2D eigenvalue weighted by atomic mass is 10.1. The third-order valence-corrected chi connectivity index (χ3v) is 2.17. The van der Waals surface area contributed by atoms with Gasteiger partial charge in [0.15, 0.2) is 0 Å². The van der Waals surface area contributed by atoms with E-state index < -0.39 is 5.82 Å². The molecular weight excluding hydrogens is 227 g/mol. The third-order valence-electron chi connectivity index (χ3n) is 2.17. The molecule has 2 heterocycles. The predicted octanol–water partition coefficient (Wildman–Crippen LogP) is 1.59. The fraction of sp³-hybridized carbons (Fsp3) is 0.182. The van der Waals surface area contributed by atoms with Crippen LogP contribution in [0.4, 0.5) is 4.39 Å². The molecule has 17 heavy (non-hydrogen) atoms. The quantitative estimate of drug-likeness (QED) is 0.582. The lowest BCUT2D eigenvalue weighted by molar-refractivity contribution is -0.128. The molecule has 0 N–H and O–H groups in total. The maximum Gasteiger partial charge on any atom is 0.293 e. The summed E-state index contributed by atoms with van der Waals surface area (Å²) in [6, 6.07) is 2.81. The number of rotatable bonds is 5. The van der Waals surface area contributed by atoms with E-state index in [1.165, 1.54) is 18.4 Å². The monoisotopic (exact) mass is 236 g/mol. The maximum absolute atomic E-state index is 12.7. The van der Waals surface area contributed by atoms with E-state index in [1.807, 2.05) is 0 Å². The van der Waals surface area contributed by atoms with Crippen LogP contribution in [0.1, 0.15) is 5.56 Å². The molecule has 0 aliphatic heterocycles. The van der Waals surface area contributed by atoms with Crippen LogP contribution in [0.25, 0.3) is 11.4 Å². The summed E-state index contributed by atoms with van der Waals surface area (Å²) in [7, 11) is 0. The van der Waals surface area contributed by atoms with Crippen LogP contribution in [0.15, 0.2) is 29.1 Å². The Kier molecular flexibility index (Phi) is 3.44. The van der Waals surface area contributed by atoms with Gasteiger partial charge in [-0.3, -0.25) is 9.78 Å². The van der Waals surface area contributed by atoms with Crippen LogP contribution in [-0.4, -0.2) is 23.2 Å². The van der Waals surface area contributed by atoms with Crippen molar-refractivity contribution < 1.29 is 18.4 Å². The highest BCUT2D eigenvalue weighted by molar-refractivity contribution is 5.57. The number of hydrogen-bond donors (Lipinski definition) is 0. The van der Waals surface area contributed by atoms with Crippen molar-refractivity contribution in [1.29, 1.82) is 0 Å². The molecule has 0 bridgehead atoms. The van der Waals surface area contributed by atoms with Crippen molar-refractivity contribution in [3.63, 3.8) is 0 Å². The fourth-order valence-electron chi connectivity index (χ4n) is 1.38. The number of carbonyl (C=O) groups is 1. The maximum atomic E-state index is 12.7. The molecule has 0 aliphatic carbocycles. The Morgan fingerprint density at radius 3 is 3.06 bits per heavy atom. The van der Waals surface area contributed by atoms with Crippen LogP contribution in [0, 0.1) is 5.82 Å². The molecule has 0 radical (unpaired) electrons. The van der Waals surface area contributed by atoms with Gasteiger partial charge in [0, 0.05) is 12.0 Å². The molecule has 0 unspecified atom stereocenters. The van der Waals surface area contributed by atoms with Crippen LogP contribution in [0.2, 0.25) is 0 Å². The molecule has 0 saturated heterocycles. The van der Waals surface area contributed by atoms with E-state index in [9.17, 15) is 9.18 Å². The van der Waals surface area contributed by atoms with Gasteiger partial charge in [-0.2, -0.15) is 0 Å². The number of carbonyl (C=O) groups excluding carboxylic acids is 1. The molecule has 0 fully saturated rings. The number of nitrogens with zero attached hydrogens (tertiary/aromatic N) is 2. The summed E-state index contributed by atoms with van der Waals surface area (Å²) < 4.78 is 22.1. The molecule has 0 amide bonds. The molecule has 5 nitrogen and oxygen atoms in total. The number of ether oxygens (including phenoxy) is 1. The molecule has 0 aliphatic rings. The normalized spacial score (nSPS) is 10.2. The van der Waals surface area contributed by atoms with E-state index in [4.69, 9.17) is 4.52 Å². The molecule has 2 rings (SSSR count). The van der Waals surface area contributed by atoms with Gasteiger partial charge in [0.1, 0.15) is 17.8 Å². The van der Waals surface area contributed by atoms with Crippen LogP contribution >= 0.6 is 0 Å². The minimum absolute atomic E-state index is 0.235. The van der Waals surface area contributed by atoms with Gasteiger partial charge < -0.3 is 9.26 Å². The van der Waals surface area contributed by atoms with Gasteiger partial charge in [-0.1, -0.05) is 5.16 Å². The zero-order chi connectivity index (χ0) is 12.1. The first-order valence-electron chi connectivity index (χ1n) is 4.91. The Balaban J connectivity index is 2.18. The van der Waals surface area contributed by atoms with Crippen molar-refractivity contribution in [2.75, 3.05) is 6.61 Å². The van der Waals surface area contributed by atoms with Crippen LogP contribution in [0.3, 0.4) is 0 Å². The second-order valence-corrected chi connectivity index (χ2v) is 3.27. The second-order valence-electron chi connectivity index (χ2n) is 3.27. The summed E-state index contributed by atoms with van der Waals surface area (Å²) in [5.41, 5.74) is 1.80. The Hall–Kier alpha value is -2.24. The van der Waals surface area contributed by atoms with E-state index >= 15 is 0 Å². The SMILES string of the molecule is O=COCCc1conc1-c1ccc(F)cn1. The second kappa shape index (κ2) is 5.20. The number of pyridine rings is 1. The first kappa shape index (κ1) is 11.3. The third kappa shape index (κ3) is 2.66. The van der Waals surface area contributed by atoms with Crippen LogP contribution in [-0.2, 0) is 16.0 Å². The summed E-state index contributed by atoms with van der Waals surface area (Å²) in [6.07, 6.45) is 3.03. The molecular formula is C11H9FN2O3. The highest BCUT2D eigenvalue weighted by Crippen LogP contribution is 2.20. The first-order chi connectivity index (χ1) is 8.31. The first-order valence-corrected chi connectivity index (χ1v) is 4.91. The molecule has 0 aromatic carbocycles. The summed E-state index contributed by atoms with van der Waals surface area (Å²) in [6.45, 7) is 0.613. The zero-order valence-electron chi connectivity index (χ0n) is 8.80.